The van der Waals surface area contributed by atoms with E-state index in [2.05, 4.69) is 15.2 Å². The number of carbonyl (C=O) groups excluding carboxylic acids is 2. The molecule has 3 aromatic rings. The molecule has 0 saturated carbocycles. The molecule has 25 heavy (non-hydrogen) atoms. The molecule has 0 saturated heterocycles. The zero-order valence-electron chi connectivity index (χ0n) is 13.8. The molecule has 0 spiro atoms. The van der Waals surface area contributed by atoms with Crippen molar-refractivity contribution in [2.45, 2.75) is 19.3 Å². The van der Waals surface area contributed by atoms with Gasteiger partial charge in [-0.3, -0.25) is 19.7 Å². The molecule has 0 amide bonds. The maximum Gasteiger partial charge on any atom is 0.169 e. The Kier molecular flexibility index (Phi) is 3.57. The molecule has 124 valence electrons. The van der Waals surface area contributed by atoms with Crippen molar-refractivity contribution in [3.63, 3.8) is 0 Å². The SMILES string of the molecule is CC1(Cc2[nH]nc3ccccc23)C(=O)C=CC(c2cccnc2)C1=O. The molecular formula is C20H17N3O2. The first-order chi connectivity index (χ1) is 12.1. The molecule has 0 aliphatic heterocycles. The Bertz CT molecular complexity index is 990. The van der Waals surface area contributed by atoms with Gasteiger partial charge in [0, 0.05) is 29.9 Å². The summed E-state index contributed by atoms with van der Waals surface area (Å²) < 4.78 is 0. The van der Waals surface area contributed by atoms with Crippen LogP contribution in [0.5, 0.6) is 0 Å². The van der Waals surface area contributed by atoms with Crippen molar-refractivity contribution in [1.82, 2.24) is 15.2 Å². The van der Waals surface area contributed by atoms with Gasteiger partial charge in [0.1, 0.15) is 0 Å². The van der Waals surface area contributed by atoms with Crippen LogP contribution in [0.2, 0.25) is 0 Å². The van der Waals surface area contributed by atoms with E-state index < -0.39 is 11.3 Å². The van der Waals surface area contributed by atoms with Crippen LogP contribution < -0.4 is 0 Å². The Hall–Kier alpha value is -3.08. The highest BCUT2D eigenvalue weighted by molar-refractivity contribution is 6.16. The lowest BCUT2D eigenvalue weighted by Gasteiger charge is -2.31. The van der Waals surface area contributed by atoms with Crippen molar-refractivity contribution < 1.29 is 9.59 Å². The highest BCUT2D eigenvalue weighted by atomic mass is 16.2. The van der Waals surface area contributed by atoms with Crippen LogP contribution in [0.1, 0.15) is 24.1 Å². The van der Waals surface area contributed by atoms with E-state index in [1.807, 2.05) is 30.3 Å². The van der Waals surface area contributed by atoms with E-state index in [1.54, 1.807) is 31.5 Å². The summed E-state index contributed by atoms with van der Waals surface area (Å²) in [5, 5.41) is 8.20. The molecule has 1 aliphatic rings. The third-order valence-electron chi connectivity index (χ3n) is 4.92. The molecule has 5 nitrogen and oxygen atoms in total. The number of hydrogen-bond donors (Lipinski definition) is 1. The lowest BCUT2D eigenvalue weighted by molar-refractivity contribution is -0.138. The van der Waals surface area contributed by atoms with Crippen molar-refractivity contribution in [3.8, 4) is 0 Å². The van der Waals surface area contributed by atoms with E-state index in [0.29, 0.717) is 6.42 Å². The molecule has 4 rings (SSSR count). The molecular weight excluding hydrogens is 314 g/mol. The van der Waals surface area contributed by atoms with Gasteiger partial charge in [-0.15, -0.1) is 0 Å². The second-order valence-electron chi connectivity index (χ2n) is 6.58. The number of carbonyl (C=O) groups is 2. The minimum absolute atomic E-state index is 0.105. The number of aromatic amines is 1. The number of allylic oxidation sites excluding steroid dienone is 2. The second kappa shape index (κ2) is 5.77. The lowest BCUT2D eigenvalue weighted by Crippen LogP contribution is -2.43. The number of pyridine rings is 1. The van der Waals surface area contributed by atoms with Crippen molar-refractivity contribution in [1.29, 1.82) is 0 Å². The Morgan fingerprint density at radius 1 is 1.16 bits per heavy atom. The van der Waals surface area contributed by atoms with Crippen LogP contribution in [0.15, 0.2) is 60.9 Å². The van der Waals surface area contributed by atoms with Gasteiger partial charge in [-0.1, -0.05) is 30.3 Å². The summed E-state index contributed by atoms with van der Waals surface area (Å²) in [7, 11) is 0. The number of ketones is 2. The quantitative estimate of drug-likeness (QED) is 0.749. The lowest BCUT2D eigenvalue weighted by atomic mass is 9.68. The number of fused-ring (bicyclic) bond motifs is 1. The van der Waals surface area contributed by atoms with Gasteiger partial charge < -0.3 is 0 Å². The molecule has 2 aromatic heterocycles. The van der Waals surface area contributed by atoms with Gasteiger partial charge >= 0.3 is 0 Å². The summed E-state index contributed by atoms with van der Waals surface area (Å²) in [5.41, 5.74) is 1.32. The van der Waals surface area contributed by atoms with Gasteiger partial charge in [0.2, 0.25) is 0 Å². The standard InChI is InChI=1S/C20H17N3O2/c1-20(11-17-15-6-2-3-7-16(15)22-23-17)18(24)9-8-14(19(20)25)13-5-4-10-21-12-13/h2-10,12,14H,11H2,1H3,(H,22,23). The molecule has 1 aliphatic carbocycles. The molecule has 1 N–H and O–H groups in total. The fourth-order valence-corrected chi connectivity index (χ4v) is 3.42. The first-order valence-electron chi connectivity index (χ1n) is 8.18. The summed E-state index contributed by atoms with van der Waals surface area (Å²) in [6, 6.07) is 11.3. The van der Waals surface area contributed by atoms with Gasteiger partial charge in [0.25, 0.3) is 0 Å². The van der Waals surface area contributed by atoms with Crippen LogP contribution in [0.3, 0.4) is 0 Å². The number of H-pyrrole nitrogens is 1. The van der Waals surface area contributed by atoms with Gasteiger partial charge in [0.15, 0.2) is 11.6 Å². The van der Waals surface area contributed by atoms with Crippen LogP contribution in [0.25, 0.3) is 10.9 Å². The fourth-order valence-electron chi connectivity index (χ4n) is 3.42. The zero-order chi connectivity index (χ0) is 17.4. The number of hydrogen-bond acceptors (Lipinski definition) is 4. The van der Waals surface area contributed by atoms with Gasteiger partial charge in [-0.05, 0) is 30.7 Å². The first kappa shape index (κ1) is 15.4. The molecule has 0 radical (unpaired) electrons. The summed E-state index contributed by atoms with van der Waals surface area (Å²) in [6.07, 6.45) is 6.84. The first-order valence-corrected chi connectivity index (χ1v) is 8.18. The van der Waals surface area contributed by atoms with Crippen LogP contribution >= 0.6 is 0 Å². The van der Waals surface area contributed by atoms with Crippen LogP contribution in [-0.4, -0.2) is 26.7 Å². The normalized spacial score (nSPS) is 23.3. The van der Waals surface area contributed by atoms with E-state index in [0.717, 1.165) is 22.2 Å². The van der Waals surface area contributed by atoms with E-state index in [1.165, 1.54) is 6.08 Å². The summed E-state index contributed by atoms with van der Waals surface area (Å²) in [4.78, 5) is 29.9. The Morgan fingerprint density at radius 2 is 2.00 bits per heavy atom. The summed E-state index contributed by atoms with van der Waals surface area (Å²) >= 11 is 0. The van der Waals surface area contributed by atoms with Crippen molar-refractivity contribution in [2.24, 2.45) is 5.41 Å². The topological polar surface area (TPSA) is 75.7 Å². The molecule has 0 fully saturated rings. The Morgan fingerprint density at radius 3 is 2.80 bits per heavy atom. The van der Waals surface area contributed by atoms with E-state index in [4.69, 9.17) is 0 Å². The largest absolute Gasteiger partial charge is 0.298 e. The van der Waals surface area contributed by atoms with Crippen LogP contribution in [0, 0.1) is 5.41 Å². The number of para-hydroxylation sites is 1. The molecule has 0 bridgehead atoms. The zero-order valence-corrected chi connectivity index (χ0v) is 13.8. The summed E-state index contributed by atoms with van der Waals surface area (Å²) in [5.74, 6) is -0.728. The number of nitrogens with zero attached hydrogens (tertiary/aromatic N) is 2. The minimum atomic E-state index is -1.12. The van der Waals surface area contributed by atoms with E-state index in [9.17, 15) is 9.59 Å². The highest BCUT2D eigenvalue weighted by Gasteiger charge is 2.46. The maximum absolute atomic E-state index is 13.2. The molecule has 2 unspecified atom stereocenters. The predicted molar refractivity (Wildman–Crippen MR) is 94.0 cm³/mol. The highest BCUT2D eigenvalue weighted by Crippen LogP contribution is 2.37. The minimum Gasteiger partial charge on any atom is -0.298 e. The van der Waals surface area contributed by atoms with Crippen LogP contribution in [0.4, 0.5) is 0 Å². The monoisotopic (exact) mass is 331 g/mol. The molecule has 5 heteroatoms. The summed E-state index contributed by atoms with van der Waals surface area (Å²) in [6.45, 7) is 1.72. The van der Waals surface area contributed by atoms with Gasteiger partial charge in [-0.2, -0.15) is 5.10 Å². The van der Waals surface area contributed by atoms with Crippen molar-refractivity contribution >= 4 is 22.5 Å². The third-order valence-corrected chi connectivity index (χ3v) is 4.92. The average molecular weight is 331 g/mol. The predicted octanol–water partition coefficient (Wildman–Crippen LogP) is 3.00. The Labute approximate surface area is 144 Å². The molecule has 2 heterocycles. The number of benzene rings is 1. The number of aromatic nitrogens is 3. The Balaban J connectivity index is 1.73. The van der Waals surface area contributed by atoms with E-state index >= 15 is 0 Å². The average Bonchev–Trinajstić information content (AvgIpc) is 3.04. The number of rotatable bonds is 3. The second-order valence-corrected chi connectivity index (χ2v) is 6.58. The van der Waals surface area contributed by atoms with Crippen molar-refractivity contribution in [2.75, 3.05) is 0 Å². The number of Topliss-reactive ketones (excluding diaryl/α,β-unsaturated/α-hetero) is 1. The van der Waals surface area contributed by atoms with Gasteiger partial charge in [0.05, 0.1) is 16.8 Å². The fraction of sp³-hybridized carbons (Fsp3) is 0.200. The molecule has 1 aromatic carbocycles. The van der Waals surface area contributed by atoms with Crippen molar-refractivity contribution in [3.05, 3.63) is 72.2 Å². The third kappa shape index (κ3) is 2.48. The van der Waals surface area contributed by atoms with Crippen LogP contribution in [-0.2, 0) is 16.0 Å². The van der Waals surface area contributed by atoms with Gasteiger partial charge in [-0.25, -0.2) is 0 Å². The maximum atomic E-state index is 13.2. The smallest absolute Gasteiger partial charge is 0.169 e. The number of nitrogens with one attached hydrogen (secondary N) is 1. The molecule has 2 atom stereocenters. The van der Waals surface area contributed by atoms with E-state index in [-0.39, 0.29) is 11.6 Å².